The van der Waals surface area contributed by atoms with E-state index in [1.165, 1.54) is 5.56 Å². The average molecular weight is 496 g/mol. The molecule has 0 radical (unpaired) electrons. The van der Waals surface area contributed by atoms with E-state index in [0.717, 1.165) is 36.0 Å². The number of alkyl halides is 2. The van der Waals surface area contributed by atoms with Crippen LogP contribution in [-0.4, -0.2) is 34.0 Å². The average Bonchev–Trinajstić information content (AvgIpc) is 3.11. The Hall–Kier alpha value is -2.32. The standard InChI is InChI=1S/C28H35BF2N2O3/c1-27-11-9-21-22(24(27)10-12-28(27,30)31)8-7-19-15-25(29(35)36)20(14-23(19)21)5-2-6-26(34)33-17-18-4-3-13-32-16-18/h3-4,13-16,21-22,24,35-36H,2,5-12,17H2,1H3,(H,33,34)/t21-,22+,24-,27-/m0/s1. The molecule has 2 fully saturated rings. The third kappa shape index (κ3) is 4.58. The number of carbonyl (C=O) groups excluding carboxylic acids is 1. The second-order valence-electron chi connectivity index (χ2n) is 11.2. The van der Waals surface area contributed by atoms with Crippen molar-refractivity contribution in [2.75, 3.05) is 0 Å². The van der Waals surface area contributed by atoms with E-state index in [9.17, 15) is 23.6 Å². The molecule has 1 aromatic heterocycles. The number of aromatic nitrogens is 1. The molecule has 1 heterocycles. The minimum Gasteiger partial charge on any atom is -0.423 e. The summed E-state index contributed by atoms with van der Waals surface area (Å²) in [7, 11) is -1.58. The predicted octanol–water partition coefficient (Wildman–Crippen LogP) is 3.89. The molecule has 3 aliphatic carbocycles. The van der Waals surface area contributed by atoms with Gasteiger partial charge in [-0.2, -0.15) is 0 Å². The topological polar surface area (TPSA) is 82.5 Å². The molecular formula is C28H35BF2N2O3. The first-order valence-electron chi connectivity index (χ1n) is 13.2. The zero-order valence-corrected chi connectivity index (χ0v) is 20.9. The molecule has 2 saturated carbocycles. The van der Waals surface area contributed by atoms with E-state index < -0.39 is 18.5 Å². The molecule has 36 heavy (non-hydrogen) atoms. The van der Waals surface area contributed by atoms with Gasteiger partial charge in [0, 0.05) is 37.2 Å². The maximum absolute atomic E-state index is 14.8. The highest BCUT2D eigenvalue weighted by molar-refractivity contribution is 6.59. The third-order valence-corrected chi connectivity index (χ3v) is 9.32. The predicted molar refractivity (Wildman–Crippen MR) is 135 cm³/mol. The highest BCUT2D eigenvalue weighted by Gasteiger charge is 2.63. The number of nitrogens with one attached hydrogen (secondary N) is 1. The quantitative estimate of drug-likeness (QED) is 0.508. The van der Waals surface area contributed by atoms with Crippen molar-refractivity contribution in [3.63, 3.8) is 0 Å². The summed E-state index contributed by atoms with van der Waals surface area (Å²) >= 11 is 0. The van der Waals surface area contributed by atoms with Gasteiger partial charge in [0.1, 0.15) is 0 Å². The number of rotatable bonds is 7. The Morgan fingerprint density at radius 3 is 2.81 bits per heavy atom. The van der Waals surface area contributed by atoms with Gasteiger partial charge in [0.15, 0.2) is 0 Å². The van der Waals surface area contributed by atoms with Crippen LogP contribution < -0.4 is 10.8 Å². The molecular weight excluding hydrogens is 461 g/mol. The SMILES string of the molecule is C[C@]12CC[C@@H]3c4cc(CCCC(=O)NCc5cccnc5)c(B(O)O)cc4CC[C@H]3[C@@H]1CCC2(F)F. The molecule has 0 aliphatic heterocycles. The molecule has 5 rings (SSSR count). The van der Waals surface area contributed by atoms with Crippen molar-refractivity contribution in [1.82, 2.24) is 10.3 Å². The number of carbonyl (C=O) groups is 1. The highest BCUT2D eigenvalue weighted by Crippen LogP contribution is 2.65. The van der Waals surface area contributed by atoms with Crippen LogP contribution in [0.1, 0.15) is 80.0 Å². The summed E-state index contributed by atoms with van der Waals surface area (Å²) in [5, 5.41) is 23.0. The number of nitrogens with zero attached hydrogens (tertiary/aromatic N) is 1. The molecule has 8 heteroatoms. The molecule has 0 bridgehead atoms. The van der Waals surface area contributed by atoms with Crippen LogP contribution in [0.5, 0.6) is 0 Å². The molecule has 192 valence electrons. The fraction of sp³-hybridized carbons (Fsp3) is 0.571. The molecule has 2 aromatic rings. The number of benzene rings is 1. The Labute approximate surface area is 211 Å². The zero-order valence-electron chi connectivity index (χ0n) is 20.9. The minimum atomic E-state index is -2.59. The lowest BCUT2D eigenvalue weighted by atomic mass is 9.54. The van der Waals surface area contributed by atoms with E-state index in [1.54, 1.807) is 19.3 Å². The molecule has 3 aliphatic rings. The second-order valence-corrected chi connectivity index (χ2v) is 11.2. The summed E-state index contributed by atoms with van der Waals surface area (Å²) in [6.45, 7) is 2.22. The Morgan fingerprint density at radius 2 is 2.06 bits per heavy atom. The van der Waals surface area contributed by atoms with Crippen LogP contribution >= 0.6 is 0 Å². The summed E-state index contributed by atoms with van der Waals surface area (Å²) < 4.78 is 29.6. The van der Waals surface area contributed by atoms with E-state index in [2.05, 4.69) is 16.4 Å². The van der Waals surface area contributed by atoms with Crippen molar-refractivity contribution in [3.8, 4) is 0 Å². The minimum absolute atomic E-state index is 0.00597. The van der Waals surface area contributed by atoms with Gasteiger partial charge in [0.2, 0.25) is 5.91 Å². The van der Waals surface area contributed by atoms with E-state index in [1.807, 2.05) is 18.2 Å². The Kier molecular flexibility index (Phi) is 6.94. The first-order valence-corrected chi connectivity index (χ1v) is 13.2. The highest BCUT2D eigenvalue weighted by atomic mass is 19.3. The summed E-state index contributed by atoms with van der Waals surface area (Å²) in [6, 6.07) is 7.73. The van der Waals surface area contributed by atoms with Gasteiger partial charge in [-0.15, -0.1) is 0 Å². The molecule has 5 nitrogen and oxygen atoms in total. The van der Waals surface area contributed by atoms with Gasteiger partial charge in [-0.3, -0.25) is 9.78 Å². The Balaban J connectivity index is 1.29. The van der Waals surface area contributed by atoms with Crippen LogP contribution in [0.3, 0.4) is 0 Å². The van der Waals surface area contributed by atoms with Gasteiger partial charge in [0.25, 0.3) is 5.92 Å². The summed E-state index contributed by atoms with van der Waals surface area (Å²) in [4.78, 5) is 16.4. The molecule has 1 amide bonds. The van der Waals surface area contributed by atoms with Crippen molar-refractivity contribution >= 4 is 18.5 Å². The first kappa shape index (κ1) is 25.3. The number of hydrogen-bond acceptors (Lipinski definition) is 4. The van der Waals surface area contributed by atoms with Crippen LogP contribution in [0.2, 0.25) is 0 Å². The van der Waals surface area contributed by atoms with Gasteiger partial charge in [0.05, 0.1) is 0 Å². The lowest BCUT2D eigenvalue weighted by Gasteiger charge is -2.50. The van der Waals surface area contributed by atoms with Crippen LogP contribution in [0.4, 0.5) is 8.78 Å². The van der Waals surface area contributed by atoms with Gasteiger partial charge < -0.3 is 15.4 Å². The number of hydrogen-bond donors (Lipinski definition) is 3. The van der Waals surface area contributed by atoms with Crippen molar-refractivity contribution in [1.29, 1.82) is 0 Å². The van der Waals surface area contributed by atoms with Gasteiger partial charge in [-0.25, -0.2) is 8.78 Å². The number of amides is 1. The normalized spacial score (nSPS) is 28.1. The van der Waals surface area contributed by atoms with Crippen molar-refractivity contribution in [2.45, 2.75) is 83.1 Å². The van der Waals surface area contributed by atoms with Gasteiger partial charge in [-0.1, -0.05) is 25.1 Å². The Morgan fingerprint density at radius 1 is 1.22 bits per heavy atom. The van der Waals surface area contributed by atoms with E-state index in [0.29, 0.717) is 44.1 Å². The number of pyridine rings is 1. The van der Waals surface area contributed by atoms with Gasteiger partial charge in [-0.05, 0) is 96.5 Å². The van der Waals surface area contributed by atoms with E-state index >= 15 is 0 Å². The van der Waals surface area contributed by atoms with E-state index in [-0.39, 0.29) is 30.1 Å². The number of fused-ring (bicyclic) bond motifs is 5. The number of halogens is 2. The van der Waals surface area contributed by atoms with Crippen molar-refractivity contribution in [2.24, 2.45) is 17.3 Å². The first-order chi connectivity index (χ1) is 17.2. The fourth-order valence-electron chi connectivity index (χ4n) is 7.30. The smallest absolute Gasteiger partial charge is 0.423 e. The van der Waals surface area contributed by atoms with Crippen LogP contribution in [0.25, 0.3) is 0 Å². The third-order valence-electron chi connectivity index (χ3n) is 9.32. The van der Waals surface area contributed by atoms with Crippen molar-refractivity contribution in [3.05, 3.63) is 58.9 Å². The maximum atomic E-state index is 14.8. The molecule has 3 N–H and O–H groups in total. The molecule has 0 saturated heterocycles. The molecule has 0 spiro atoms. The largest absolute Gasteiger partial charge is 0.488 e. The van der Waals surface area contributed by atoms with Crippen molar-refractivity contribution < 1.29 is 23.6 Å². The molecule has 1 aromatic carbocycles. The van der Waals surface area contributed by atoms with E-state index in [4.69, 9.17) is 0 Å². The van der Waals surface area contributed by atoms with Gasteiger partial charge >= 0.3 is 7.12 Å². The molecule has 0 unspecified atom stereocenters. The number of aryl methyl sites for hydroxylation is 2. The molecule has 4 atom stereocenters. The second kappa shape index (κ2) is 9.86. The van der Waals surface area contributed by atoms with Crippen LogP contribution in [0, 0.1) is 17.3 Å². The van der Waals surface area contributed by atoms with Crippen LogP contribution in [-0.2, 0) is 24.2 Å². The van der Waals surface area contributed by atoms with Crippen LogP contribution in [0.15, 0.2) is 36.7 Å². The maximum Gasteiger partial charge on any atom is 0.488 e. The zero-order chi connectivity index (χ0) is 25.5. The summed E-state index contributed by atoms with van der Waals surface area (Å²) in [5.41, 5.74) is 3.68. The lowest BCUT2D eigenvalue weighted by Crippen LogP contribution is -2.47. The monoisotopic (exact) mass is 496 g/mol. The summed E-state index contributed by atoms with van der Waals surface area (Å²) in [6.07, 6.45) is 8.40. The Bertz CT molecular complexity index is 1110. The summed E-state index contributed by atoms with van der Waals surface area (Å²) in [5.74, 6) is -2.12. The lowest BCUT2D eigenvalue weighted by molar-refractivity contribution is -0.132. The fourth-order valence-corrected chi connectivity index (χ4v) is 7.30.